The van der Waals surface area contributed by atoms with Gasteiger partial charge in [-0.2, -0.15) is 0 Å². The molecule has 206 valence electrons. The van der Waals surface area contributed by atoms with Gasteiger partial charge in [0.15, 0.2) is 11.5 Å². The number of nitrogens with one attached hydrogen (secondary N) is 1. The molecule has 12 heteroatoms. The number of fused-ring (bicyclic) bond motifs is 3. The zero-order chi connectivity index (χ0) is 28.1. The molecule has 11 nitrogen and oxygen atoms in total. The van der Waals surface area contributed by atoms with Crippen LogP contribution in [0.1, 0.15) is 11.4 Å². The van der Waals surface area contributed by atoms with Crippen LogP contribution < -0.4 is 14.5 Å². The van der Waals surface area contributed by atoms with Gasteiger partial charge in [-0.05, 0) is 36.4 Å². The third kappa shape index (κ3) is 4.46. The molecule has 2 amide bonds. The Kier molecular flexibility index (Phi) is 5.94. The summed E-state index contributed by atoms with van der Waals surface area (Å²) in [5, 5.41) is 1.07. The molecule has 0 spiro atoms. The number of nitrogens with zero attached hydrogens (tertiary/aromatic N) is 6. The smallest absolute Gasteiger partial charge is 0.335 e. The first-order valence-electron chi connectivity index (χ1n) is 13.1. The van der Waals surface area contributed by atoms with Gasteiger partial charge in [0.05, 0.1) is 47.7 Å². The number of para-hydroxylation sites is 1. The SMILES string of the molecule is CN1C(=O)NS(=O)(=O)c2cc(-c3cnc(N4CCOCC4)c4nc(C=Cc5ccc6ccccc6n5)cn34)ccc21. The maximum Gasteiger partial charge on any atom is 0.335 e. The van der Waals surface area contributed by atoms with Crippen molar-refractivity contribution < 1.29 is 17.9 Å². The van der Waals surface area contributed by atoms with Crippen LogP contribution in [0.5, 0.6) is 0 Å². The van der Waals surface area contributed by atoms with E-state index in [4.69, 9.17) is 19.7 Å². The van der Waals surface area contributed by atoms with Gasteiger partial charge < -0.3 is 9.64 Å². The Morgan fingerprint density at radius 1 is 0.976 bits per heavy atom. The molecule has 1 N–H and O–H groups in total. The number of pyridine rings is 1. The van der Waals surface area contributed by atoms with Crippen LogP contribution in [0.2, 0.25) is 0 Å². The molecule has 41 heavy (non-hydrogen) atoms. The fourth-order valence-electron chi connectivity index (χ4n) is 5.13. The molecule has 2 aromatic carbocycles. The van der Waals surface area contributed by atoms with Crippen molar-refractivity contribution in [3.63, 3.8) is 0 Å². The van der Waals surface area contributed by atoms with Crippen molar-refractivity contribution in [3.05, 3.63) is 78.4 Å². The van der Waals surface area contributed by atoms with E-state index < -0.39 is 16.1 Å². The zero-order valence-corrected chi connectivity index (χ0v) is 22.9. The van der Waals surface area contributed by atoms with E-state index >= 15 is 0 Å². The first-order chi connectivity index (χ1) is 19.9. The molecule has 0 atom stereocenters. The minimum atomic E-state index is -4.01. The summed E-state index contributed by atoms with van der Waals surface area (Å²) in [5.74, 6) is 0.720. The number of hydrogen-bond donors (Lipinski definition) is 1. The van der Waals surface area contributed by atoms with Gasteiger partial charge in [0, 0.05) is 37.3 Å². The fourth-order valence-corrected chi connectivity index (χ4v) is 6.37. The highest BCUT2D eigenvalue weighted by molar-refractivity contribution is 7.90. The molecule has 5 heterocycles. The Balaban J connectivity index is 1.34. The molecule has 1 saturated heterocycles. The fraction of sp³-hybridized carbons (Fsp3) is 0.172. The Morgan fingerprint density at radius 3 is 2.63 bits per heavy atom. The number of amides is 2. The number of aromatic nitrogens is 4. The molecule has 0 aliphatic carbocycles. The highest BCUT2D eigenvalue weighted by Crippen LogP contribution is 2.34. The van der Waals surface area contributed by atoms with Gasteiger partial charge >= 0.3 is 6.03 Å². The van der Waals surface area contributed by atoms with Crippen molar-refractivity contribution in [3.8, 4) is 11.3 Å². The lowest BCUT2D eigenvalue weighted by atomic mass is 10.1. The number of morpholine rings is 1. The van der Waals surface area contributed by atoms with Gasteiger partial charge in [-0.15, -0.1) is 0 Å². The lowest BCUT2D eigenvalue weighted by molar-refractivity contribution is 0.122. The molecule has 2 aliphatic heterocycles. The molecule has 3 aromatic heterocycles. The van der Waals surface area contributed by atoms with E-state index in [1.807, 2.05) is 59.1 Å². The maximum absolute atomic E-state index is 12.8. The number of urea groups is 1. The molecule has 7 rings (SSSR count). The van der Waals surface area contributed by atoms with Crippen LogP contribution in [0.4, 0.5) is 16.3 Å². The van der Waals surface area contributed by atoms with Crippen LogP contribution in [0.15, 0.2) is 71.9 Å². The van der Waals surface area contributed by atoms with Crippen LogP contribution in [-0.2, 0) is 14.8 Å². The first-order valence-corrected chi connectivity index (χ1v) is 14.6. The minimum absolute atomic E-state index is 0.0186. The number of sulfonamides is 1. The molecular formula is C29H25N7O4S. The minimum Gasteiger partial charge on any atom is -0.378 e. The van der Waals surface area contributed by atoms with Crippen LogP contribution in [0.25, 0.3) is 40.0 Å². The summed E-state index contributed by atoms with van der Waals surface area (Å²) < 4.78 is 35.2. The van der Waals surface area contributed by atoms with Crippen LogP contribution in [0, 0.1) is 0 Å². The van der Waals surface area contributed by atoms with Gasteiger partial charge in [0.2, 0.25) is 0 Å². The molecule has 0 unspecified atom stereocenters. The third-order valence-electron chi connectivity index (χ3n) is 7.28. The number of carbonyl (C=O) groups excluding carboxylic acids is 1. The number of hydrogen-bond acceptors (Lipinski definition) is 8. The Hall–Kier alpha value is -4.81. The number of carbonyl (C=O) groups is 1. The number of rotatable bonds is 4. The number of anilines is 2. The second kappa shape index (κ2) is 9.68. The van der Waals surface area contributed by atoms with Crippen molar-refractivity contribution in [1.29, 1.82) is 0 Å². The molecule has 0 saturated carbocycles. The second-order valence-corrected chi connectivity index (χ2v) is 11.5. The van der Waals surface area contributed by atoms with E-state index in [1.54, 1.807) is 24.4 Å². The highest BCUT2D eigenvalue weighted by atomic mass is 32.2. The van der Waals surface area contributed by atoms with Crippen molar-refractivity contribution in [2.75, 3.05) is 43.2 Å². The van der Waals surface area contributed by atoms with Gasteiger partial charge in [0.25, 0.3) is 10.0 Å². The van der Waals surface area contributed by atoms with Gasteiger partial charge in [0.1, 0.15) is 4.90 Å². The zero-order valence-electron chi connectivity index (χ0n) is 22.1. The van der Waals surface area contributed by atoms with Crippen molar-refractivity contribution >= 4 is 56.3 Å². The lowest BCUT2D eigenvalue weighted by Gasteiger charge is -2.28. The van der Waals surface area contributed by atoms with E-state index in [1.165, 1.54) is 11.9 Å². The third-order valence-corrected chi connectivity index (χ3v) is 8.63. The van der Waals surface area contributed by atoms with Gasteiger partial charge in [-0.25, -0.2) is 32.9 Å². The Labute approximate surface area is 235 Å². The Bertz CT molecular complexity index is 1980. The van der Waals surface area contributed by atoms with Crippen molar-refractivity contribution in [2.45, 2.75) is 4.90 Å². The van der Waals surface area contributed by atoms with Gasteiger partial charge in [-0.1, -0.05) is 30.3 Å². The summed E-state index contributed by atoms with van der Waals surface area (Å²) in [5.41, 5.74) is 4.64. The molecular weight excluding hydrogens is 542 g/mol. The molecule has 2 aliphatic rings. The Morgan fingerprint density at radius 2 is 1.78 bits per heavy atom. The summed E-state index contributed by atoms with van der Waals surface area (Å²) >= 11 is 0. The summed E-state index contributed by atoms with van der Waals surface area (Å²) in [7, 11) is -2.48. The summed E-state index contributed by atoms with van der Waals surface area (Å²) in [6.07, 6.45) is 7.44. The summed E-state index contributed by atoms with van der Waals surface area (Å²) in [6.45, 7) is 2.56. The predicted octanol–water partition coefficient (Wildman–Crippen LogP) is 3.80. The predicted molar refractivity (Wildman–Crippen MR) is 156 cm³/mol. The van der Waals surface area contributed by atoms with E-state index in [0.29, 0.717) is 54.6 Å². The lowest BCUT2D eigenvalue weighted by Crippen LogP contribution is -2.45. The van der Waals surface area contributed by atoms with E-state index in [0.717, 1.165) is 22.4 Å². The monoisotopic (exact) mass is 567 g/mol. The van der Waals surface area contributed by atoms with E-state index in [9.17, 15) is 13.2 Å². The van der Waals surface area contributed by atoms with E-state index in [2.05, 4.69) is 9.62 Å². The second-order valence-electron chi connectivity index (χ2n) is 9.84. The molecule has 0 bridgehead atoms. The molecule has 1 fully saturated rings. The number of imidazole rings is 1. The normalized spacial score (nSPS) is 16.9. The standard InChI is InChI=1S/C29H25N7O4S/c1-34-24-11-7-20(16-26(24)41(38,39)33-29(34)37)25-17-30-27(35-12-14-40-15-13-35)28-32-22(18-36(25)28)10-9-21-8-6-19-4-2-3-5-23(19)31-21/h2-11,16-18H,12-15H2,1H3,(H,33,37). The highest BCUT2D eigenvalue weighted by Gasteiger charge is 2.32. The summed E-state index contributed by atoms with van der Waals surface area (Å²) in [6, 6.07) is 16.2. The number of ether oxygens (including phenoxy) is 1. The largest absolute Gasteiger partial charge is 0.378 e. The first kappa shape index (κ1) is 25.2. The molecule has 5 aromatic rings. The van der Waals surface area contributed by atoms with Crippen LogP contribution in [-0.4, -0.2) is 67.2 Å². The topological polar surface area (TPSA) is 122 Å². The van der Waals surface area contributed by atoms with E-state index in [-0.39, 0.29) is 4.90 Å². The van der Waals surface area contributed by atoms with Crippen LogP contribution >= 0.6 is 0 Å². The maximum atomic E-state index is 12.8. The van der Waals surface area contributed by atoms with Crippen LogP contribution in [0.3, 0.4) is 0 Å². The average Bonchev–Trinajstić information content (AvgIpc) is 3.43. The van der Waals surface area contributed by atoms with Gasteiger partial charge in [-0.3, -0.25) is 9.30 Å². The quantitative estimate of drug-likeness (QED) is 0.348. The number of benzene rings is 2. The van der Waals surface area contributed by atoms with Crippen molar-refractivity contribution in [1.82, 2.24) is 24.1 Å². The average molecular weight is 568 g/mol. The summed E-state index contributed by atoms with van der Waals surface area (Å²) in [4.78, 5) is 29.9. The van der Waals surface area contributed by atoms with Crippen molar-refractivity contribution in [2.24, 2.45) is 0 Å². The molecule has 0 radical (unpaired) electrons.